The predicted molar refractivity (Wildman–Crippen MR) is 128 cm³/mol. The molecule has 4 aliphatic rings. The lowest BCUT2D eigenvalue weighted by molar-refractivity contribution is -0.0254. The largest absolute Gasteiger partial charge is 0.389 e. The molecule has 0 aliphatic heterocycles. The monoisotopic (exact) mass is 410 g/mol. The van der Waals surface area contributed by atoms with Gasteiger partial charge in [0.05, 0.1) is 6.10 Å². The van der Waals surface area contributed by atoms with Crippen LogP contribution in [0.15, 0.2) is 36.0 Å². The summed E-state index contributed by atoms with van der Waals surface area (Å²) in [4.78, 5) is 0. The maximum atomic E-state index is 10.2. The molecular weight excluding hydrogens is 364 g/mol. The van der Waals surface area contributed by atoms with E-state index in [2.05, 4.69) is 71.9 Å². The van der Waals surface area contributed by atoms with Crippen LogP contribution in [0.1, 0.15) is 86.5 Å². The Labute approximate surface area is 186 Å². The highest BCUT2D eigenvalue weighted by molar-refractivity contribution is 5.36. The summed E-state index contributed by atoms with van der Waals surface area (Å²) < 4.78 is 0. The van der Waals surface area contributed by atoms with E-state index in [1.807, 2.05) is 0 Å². The molecule has 168 valence electrons. The number of aliphatic hydroxyl groups is 1. The molecule has 0 radical (unpaired) electrons. The molecule has 30 heavy (non-hydrogen) atoms. The fourth-order valence-electron chi connectivity index (χ4n) is 8.33. The Kier molecular flexibility index (Phi) is 6.17. The highest BCUT2D eigenvalue weighted by Crippen LogP contribution is 2.66. The van der Waals surface area contributed by atoms with Crippen molar-refractivity contribution in [3.05, 3.63) is 36.0 Å². The van der Waals surface area contributed by atoms with Crippen LogP contribution in [0, 0.1) is 52.3 Å². The highest BCUT2D eigenvalue weighted by Gasteiger charge is 2.58. The van der Waals surface area contributed by atoms with E-state index < -0.39 is 0 Å². The zero-order chi connectivity index (χ0) is 21.7. The van der Waals surface area contributed by atoms with Crippen molar-refractivity contribution in [1.29, 1.82) is 0 Å². The Morgan fingerprint density at radius 1 is 1.03 bits per heavy atom. The second kappa shape index (κ2) is 8.27. The lowest BCUT2D eigenvalue weighted by Gasteiger charge is -2.56. The lowest BCUT2D eigenvalue weighted by Crippen LogP contribution is -2.49. The average molecular weight is 411 g/mol. The third-order valence-electron chi connectivity index (χ3n) is 10.3. The van der Waals surface area contributed by atoms with Gasteiger partial charge in [0.25, 0.3) is 0 Å². The van der Waals surface area contributed by atoms with Crippen molar-refractivity contribution in [1.82, 2.24) is 0 Å². The van der Waals surface area contributed by atoms with Crippen LogP contribution in [-0.4, -0.2) is 11.2 Å². The first-order valence-electron chi connectivity index (χ1n) is 13.0. The highest BCUT2D eigenvalue weighted by atomic mass is 16.3. The first kappa shape index (κ1) is 22.4. The van der Waals surface area contributed by atoms with Crippen molar-refractivity contribution in [2.45, 2.75) is 92.6 Å². The minimum absolute atomic E-state index is 0.232. The molecule has 0 aromatic rings. The molecule has 9 atom stereocenters. The molecule has 2 saturated carbocycles. The van der Waals surface area contributed by atoms with Gasteiger partial charge in [-0.2, -0.15) is 0 Å². The quantitative estimate of drug-likeness (QED) is 0.463. The molecule has 0 spiro atoms. The van der Waals surface area contributed by atoms with Crippen molar-refractivity contribution in [3.8, 4) is 0 Å². The van der Waals surface area contributed by atoms with Crippen LogP contribution in [-0.2, 0) is 0 Å². The van der Waals surface area contributed by atoms with Gasteiger partial charge >= 0.3 is 0 Å². The molecule has 0 aromatic carbocycles. The van der Waals surface area contributed by atoms with Crippen molar-refractivity contribution < 1.29 is 5.11 Å². The van der Waals surface area contributed by atoms with Gasteiger partial charge in [0.15, 0.2) is 0 Å². The van der Waals surface area contributed by atoms with E-state index in [9.17, 15) is 5.11 Å². The molecule has 1 heteroatoms. The van der Waals surface area contributed by atoms with E-state index >= 15 is 0 Å². The molecule has 1 nitrogen and oxygen atoms in total. The molecule has 0 heterocycles. The topological polar surface area (TPSA) is 20.2 Å². The van der Waals surface area contributed by atoms with E-state index in [-0.39, 0.29) is 11.5 Å². The second-order valence-corrected chi connectivity index (χ2v) is 12.1. The van der Waals surface area contributed by atoms with Crippen molar-refractivity contribution in [2.24, 2.45) is 52.3 Å². The predicted octanol–water partition coefficient (Wildman–Crippen LogP) is 7.58. The first-order chi connectivity index (χ1) is 14.2. The number of aliphatic hydroxyl groups excluding tert-OH is 1. The van der Waals surface area contributed by atoms with E-state index in [4.69, 9.17) is 0 Å². The Bertz CT molecular complexity index is 714. The Hall–Kier alpha value is -0.820. The summed E-state index contributed by atoms with van der Waals surface area (Å²) in [6, 6.07) is 0. The van der Waals surface area contributed by atoms with E-state index in [1.54, 1.807) is 0 Å². The van der Waals surface area contributed by atoms with Gasteiger partial charge in [-0.15, -0.1) is 0 Å². The molecule has 0 unspecified atom stereocenters. The van der Waals surface area contributed by atoms with Gasteiger partial charge in [0, 0.05) is 0 Å². The molecule has 4 rings (SSSR count). The van der Waals surface area contributed by atoms with Crippen molar-refractivity contribution >= 4 is 0 Å². The zero-order valence-electron chi connectivity index (χ0n) is 20.4. The van der Waals surface area contributed by atoms with Gasteiger partial charge in [-0.25, -0.2) is 0 Å². The summed E-state index contributed by atoms with van der Waals surface area (Å²) in [6.45, 7) is 14.7. The number of rotatable bonds is 5. The van der Waals surface area contributed by atoms with E-state index in [1.165, 1.54) is 37.7 Å². The molecule has 2 fully saturated rings. The molecule has 0 bridgehead atoms. The summed E-state index contributed by atoms with van der Waals surface area (Å²) in [6.07, 6.45) is 20.9. The third kappa shape index (κ3) is 3.58. The summed E-state index contributed by atoms with van der Waals surface area (Å²) in [5.41, 5.74) is 2.20. The van der Waals surface area contributed by atoms with Crippen LogP contribution in [0.2, 0.25) is 0 Å². The number of fused-ring (bicyclic) bond motifs is 5. The lowest BCUT2D eigenvalue weighted by atomic mass is 9.48. The SMILES string of the molecule is CC[C@H](/C=C/[C@@H](C)[C@H]1CC[C@H]2[C@@H]3C=CC4=C[C@H](O)CC[C@]4(C)[C@H]3CC[C@]12C)C(C)C. The maximum absolute atomic E-state index is 10.2. The third-order valence-corrected chi connectivity index (χ3v) is 10.3. The number of allylic oxidation sites excluding steroid dienone is 5. The fraction of sp³-hybridized carbons (Fsp3) is 0.793. The van der Waals surface area contributed by atoms with Gasteiger partial charge < -0.3 is 5.11 Å². The van der Waals surface area contributed by atoms with Gasteiger partial charge in [0.2, 0.25) is 0 Å². The van der Waals surface area contributed by atoms with Crippen LogP contribution in [0.25, 0.3) is 0 Å². The normalized spacial score (nSPS) is 45.1. The Balaban J connectivity index is 1.55. The van der Waals surface area contributed by atoms with Crippen LogP contribution >= 0.6 is 0 Å². The summed E-state index contributed by atoms with van der Waals surface area (Å²) >= 11 is 0. The summed E-state index contributed by atoms with van der Waals surface area (Å²) in [7, 11) is 0. The standard InChI is InChI=1S/C29H46O/c1-7-21(19(2)3)9-8-20(4)25-12-13-26-24-11-10-22-18-23(30)14-16-28(22,5)27(24)15-17-29(25,26)6/h8-11,18-21,23-27,30H,7,12-17H2,1-6H3/b9-8+/t20-,21-,23-,24+,25-,26+,27+,28+,29-/m1/s1. The molecule has 0 amide bonds. The van der Waals surface area contributed by atoms with Crippen LogP contribution in [0.5, 0.6) is 0 Å². The number of hydrogen-bond acceptors (Lipinski definition) is 1. The van der Waals surface area contributed by atoms with Crippen LogP contribution in [0.4, 0.5) is 0 Å². The molecule has 1 N–H and O–H groups in total. The number of hydrogen-bond donors (Lipinski definition) is 1. The minimum Gasteiger partial charge on any atom is -0.389 e. The Morgan fingerprint density at radius 2 is 1.80 bits per heavy atom. The second-order valence-electron chi connectivity index (χ2n) is 12.1. The van der Waals surface area contributed by atoms with Gasteiger partial charge in [-0.1, -0.05) is 71.9 Å². The molecule has 0 aromatic heterocycles. The zero-order valence-corrected chi connectivity index (χ0v) is 20.4. The first-order valence-corrected chi connectivity index (χ1v) is 13.0. The summed E-state index contributed by atoms with van der Waals surface area (Å²) in [5.74, 6) is 5.33. The Morgan fingerprint density at radius 3 is 2.50 bits per heavy atom. The van der Waals surface area contributed by atoms with Gasteiger partial charge in [0.1, 0.15) is 0 Å². The van der Waals surface area contributed by atoms with E-state index in [0.717, 1.165) is 48.3 Å². The van der Waals surface area contributed by atoms with Gasteiger partial charge in [-0.05, 0) is 103 Å². The molecular formula is C29H46O. The maximum Gasteiger partial charge on any atom is 0.0727 e. The summed E-state index contributed by atoms with van der Waals surface area (Å²) in [5, 5.41) is 10.2. The van der Waals surface area contributed by atoms with Crippen LogP contribution < -0.4 is 0 Å². The van der Waals surface area contributed by atoms with E-state index in [0.29, 0.717) is 11.3 Å². The average Bonchev–Trinajstić information content (AvgIpc) is 3.06. The molecule has 0 saturated heterocycles. The van der Waals surface area contributed by atoms with Crippen molar-refractivity contribution in [3.63, 3.8) is 0 Å². The fourth-order valence-corrected chi connectivity index (χ4v) is 8.33. The minimum atomic E-state index is -0.232. The smallest absolute Gasteiger partial charge is 0.0727 e. The van der Waals surface area contributed by atoms with Crippen molar-refractivity contribution in [2.75, 3.05) is 0 Å². The molecule has 4 aliphatic carbocycles. The van der Waals surface area contributed by atoms with Gasteiger partial charge in [-0.3, -0.25) is 0 Å². The van der Waals surface area contributed by atoms with Crippen LogP contribution in [0.3, 0.4) is 0 Å².